The molecule has 0 saturated carbocycles. The summed E-state index contributed by atoms with van der Waals surface area (Å²) in [5, 5.41) is 13.4. The number of nitrogens with zero attached hydrogens (tertiary/aromatic N) is 3. The Kier molecular flexibility index (Phi) is 10.6. The third-order valence-corrected chi connectivity index (χ3v) is 7.01. The van der Waals surface area contributed by atoms with E-state index >= 15 is 0 Å². The van der Waals surface area contributed by atoms with Crippen LogP contribution in [0.15, 0.2) is 42.5 Å². The lowest BCUT2D eigenvalue weighted by atomic mass is 9.87. The van der Waals surface area contributed by atoms with Crippen LogP contribution in [-0.2, 0) is 11.3 Å². The first kappa shape index (κ1) is 29.9. The van der Waals surface area contributed by atoms with E-state index in [0.717, 1.165) is 55.1 Å². The van der Waals surface area contributed by atoms with Crippen molar-refractivity contribution in [1.82, 2.24) is 15.1 Å². The molecule has 0 bridgehead atoms. The van der Waals surface area contributed by atoms with Crippen molar-refractivity contribution in [3.63, 3.8) is 0 Å². The highest BCUT2D eigenvalue weighted by atomic mass is 35.5. The number of benzene rings is 2. The Balaban J connectivity index is 0.00000228. The van der Waals surface area contributed by atoms with Gasteiger partial charge in [-0.25, -0.2) is 4.79 Å². The summed E-state index contributed by atoms with van der Waals surface area (Å²) in [4.78, 5) is 30.4. The molecule has 4 rings (SSSR count). The molecule has 0 radical (unpaired) electrons. The second-order valence-electron chi connectivity index (χ2n) is 9.77. The van der Waals surface area contributed by atoms with E-state index in [4.69, 9.17) is 0 Å². The number of hydrogen-bond donors (Lipinski definition) is 2. The molecule has 2 aliphatic rings. The predicted octanol–water partition coefficient (Wildman–Crippen LogP) is 5.18. The Labute approximate surface area is 226 Å². The zero-order valence-corrected chi connectivity index (χ0v) is 23.1. The monoisotopic (exact) mass is 536 g/mol. The Hall–Kier alpha value is -2.32. The maximum atomic E-state index is 12.5. The molecule has 2 aliphatic heterocycles. The molecular weight excluding hydrogens is 499 g/mol. The van der Waals surface area contributed by atoms with Gasteiger partial charge in [-0.3, -0.25) is 14.6 Å². The van der Waals surface area contributed by atoms with Crippen molar-refractivity contribution >= 4 is 42.5 Å². The second-order valence-corrected chi connectivity index (χ2v) is 9.77. The molecule has 36 heavy (non-hydrogen) atoms. The molecule has 1 saturated heterocycles. The average molecular weight is 538 g/mol. The van der Waals surface area contributed by atoms with E-state index in [9.17, 15) is 14.7 Å². The van der Waals surface area contributed by atoms with Crippen LogP contribution < -0.4 is 10.2 Å². The van der Waals surface area contributed by atoms with E-state index in [2.05, 4.69) is 40.5 Å². The first-order valence-electron chi connectivity index (χ1n) is 12.2. The summed E-state index contributed by atoms with van der Waals surface area (Å²) >= 11 is 0. The van der Waals surface area contributed by atoms with Gasteiger partial charge in [-0.05, 0) is 61.6 Å². The van der Waals surface area contributed by atoms with Crippen LogP contribution in [0.2, 0.25) is 0 Å². The van der Waals surface area contributed by atoms with Gasteiger partial charge in [-0.15, -0.1) is 24.8 Å². The Morgan fingerprint density at radius 1 is 1.06 bits per heavy atom. The van der Waals surface area contributed by atoms with E-state index in [-0.39, 0.29) is 48.8 Å². The van der Waals surface area contributed by atoms with Gasteiger partial charge in [0.2, 0.25) is 5.91 Å². The van der Waals surface area contributed by atoms with Crippen molar-refractivity contribution in [2.45, 2.75) is 58.8 Å². The fourth-order valence-electron chi connectivity index (χ4n) is 5.40. The largest absolute Gasteiger partial charge is 0.465 e. The van der Waals surface area contributed by atoms with Gasteiger partial charge in [0.05, 0.1) is 6.04 Å². The van der Waals surface area contributed by atoms with E-state index < -0.39 is 6.09 Å². The first-order valence-corrected chi connectivity index (χ1v) is 12.2. The highest BCUT2D eigenvalue weighted by Crippen LogP contribution is 2.43. The Morgan fingerprint density at radius 2 is 1.67 bits per heavy atom. The van der Waals surface area contributed by atoms with Crippen LogP contribution in [-0.4, -0.2) is 65.2 Å². The normalized spacial score (nSPS) is 19.6. The van der Waals surface area contributed by atoms with Crippen LogP contribution in [0.5, 0.6) is 0 Å². The Bertz CT molecular complexity index is 1040. The number of halogens is 2. The molecule has 7 nitrogen and oxygen atoms in total. The lowest BCUT2D eigenvalue weighted by Gasteiger charge is -2.43. The molecule has 0 spiro atoms. The molecule has 0 aliphatic carbocycles. The molecule has 0 unspecified atom stereocenters. The van der Waals surface area contributed by atoms with Gasteiger partial charge in [0.1, 0.15) is 0 Å². The van der Waals surface area contributed by atoms with Gasteiger partial charge in [-0.2, -0.15) is 0 Å². The van der Waals surface area contributed by atoms with Crippen LogP contribution in [0.4, 0.5) is 10.5 Å². The summed E-state index contributed by atoms with van der Waals surface area (Å²) in [6.45, 7) is 12.5. The number of hydrogen-bond acceptors (Lipinski definition) is 4. The van der Waals surface area contributed by atoms with Crippen LogP contribution in [0, 0.1) is 0 Å². The number of anilines is 1. The number of fused-ring (bicyclic) bond motifs is 1. The molecule has 2 amide bonds. The molecule has 198 valence electrons. The fourth-order valence-corrected chi connectivity index (χ4v) is 5.40. The number of carboxylic acid groups (broad SMARTS) is 1. The van der Waals surface area contributed by atoms with Crippen LogP contribution in [0.1, 0.15) is 51.3 Å². The van der Waals surface area contributed by atoms with Crippen molar-refractivity contribution in [2.24, 2.45) is 0 Å². The van der Waals surface area contributed by atoms with Gasteiger partial charge in [-0.1, -0.05) is 30.3 Å². The van der Waals surface area contributed by atoms with Gasteiger partial charge in [0.25, 0.3) is 0 Å². The number of carbonyl (C=O) groups is 2. The minimum absolute atomic E-state index is 0. The van der Waals surface area contributed by atoms with Crippen molar-refractivity contribution in [2.75, 3.05) is 31.1 Å². The minimum Gasteiger partial charge on any atom is -0.465 e. The van der Waals surface area contributed by atoms with Crippen LogP contribution in [0.3, 0.4) is 0 Å². The van der Waals surface area contributed by atoms with Gasteiger partial charge < -0.3 is 15.3 Å². The SMILES string of the molecule is CC(=O)N1c2ccc(-c3ccc(CN4CCNCC4)cc3)cc2[C@H](N(C(=O)O)C(C)C)C[C@@H]1C.Cl.Cl. The maximum Gasteiger partial charge on any atom is 0.408 e. The van der Waals surface area contributed by atoms with Gasteiger partial charge >= 0.3 is 6.09 Å². The van der Waals surface area contributed by atoms with Crippen molar-refractivity contribution < 1.29 is 14.7 Å². The molecule has 2 aromatic rings. The van der Waals surface area contributed by atoms with Crippen molar-refractivity contribution in [3.8, 4) is 11.1 Å². The second kappa shape index (κ2) is 12.8. The Morgan fingerprint density at radius 3 is 2.22 bits per heavy atom. The molecule has 2 aromatic carbocycles. The first-order chi connectivity index (χ1) is 16.3. The summed E-state index contributed by atoms with van der Waals surface area (Å²) in [6, 6.07) is 14.2. The molecule has 1 fully saturated rings. The summed E-state index contributed by atoms with van der Waals surface area (Å²) < 4.78 is 0. The third-order valence-electron chi connectivity index (χ3n) is 7.01. The molecular formula is C27H38Cl2N4O3. The predicted molar refractivity (Wildman–Crippen MR) is 150 cm³/mol. The number of carbonyl (C=O) groups excluding carboxylic acids is 1. The van der Waals surface area contributed by atoms with Crippen LogP contribution in [0.25, 0.3) is 11.1 Å². The smallest absolute Gasteiger partial charge is 0.408 e. The van der Waals surface area contributed by atoms with Gasteiger partial charge in [0, 0.05) is 57.4 Å². The van der Waals surface area contributed by atoms with Crippen molar-refractivity contribution in [1.29, 1.82) is 0 Å². The highest BCUT2D eigenvalue weighted by molar-refractivity contribution is 5.94. The third kappa shape index (κ3) is 6.32. The van der Waals surface area contributed by atoms with Gasteiger partial charge in [0.15, 0.2) is 0 Å². The standard InChI is InChI=1S/C27H36N4O3.2ClH/c1-18(2)30(27(33)34)26-15-19(3)31(20(4)32)25-10-9-23(16-24(25)26)22-7-5-21(6-8-22)17-29-13-11-28-12-14-29;;/h5-10,16,18-19,26,28H,11-15,17H2,1-4H3,(H,33,34);2*1H/t19-,26+;;/m0../s1. The highest BCUT2D eigenvalue weighted by Gasteiger charge is 2.38. The molecule has 0 aromatic heterocycles. The van der Waals surface area contributed by atoms with E-state index in [1.54, 1.807) is 11.8 Å². The molecule has 2 heterocycles. The zero-order chi connectivity index (χ0) is 24.4. The number of nitrogens with one attached hydrogen (secondary N) is 1. The zero-order valence-electron chi connectivity index (χ0n) is 21.4. The summed E-state index contributed by atoms with van der Waals surface area (Å²) in [7, 11) is 0. The summed E-state index contributed by atoms with van der Waals surface area (Å²) in [5.41, 5.74) is 5.11. The molecule has 2 atom stereocenters. The average Bonchev–Trinajstić information content (AvgIpc) is 2.79. The van der Waals surface area contributed by atoms with Crippen molar-refractivity contribution in [3.05, 3.63) is 53.6 Å². The topological polar surface area (TPSA) is 76.1 Å². The minimum atomic E-state index is -0.933. The maximum absolute atomic E-state index is 12.5. The summed E-state index contributed by atoms with van der Waals surface area (Å²) in [6.07, 6.45) is -0.360. The summed E-state index contributed by atoms with van der Waals surface area (Å²) in [5.74, 6) is -0.0244. The lowest BCUT2D eigenvalue weighted by Crippen LogP contribution is -2.48. The lowest BCUT2D eigenvalue weighted by molar-refractivity contribution is -0.117. The molecule has 2 N–H and O–H groups in total. The van der Waals surface area contributed by atoms with E-state index in [1.165, 1.54) is 10.5 Å². The number of amides is 2. The molecule has 9 heteroatoms. The van der Waals surface area contributed by atoms with Crippen LogP contribution >= 0.6 is 24.8 Å². The number of piperazine rings is 1. The van der Waals surface area contributed by atoms with E-state index in [0.29, 0.717) is 6.42 Å². The quantitative estimate of drug-likeness (QED) is 0.550. The fraction of sp³-hybridized carbons (Fsp3) is 0.481. The van der Waals surface area contributed by atoms with E-state index in [1.807, 2.05) is 32.9 Å². The number of rotatable bonds is 5.